The van der Waals surface area contributed by atoms with E-state index in [1.807, 2.05) is 54.6 Å². The van der Waals surface area contributed by atoms with Crippen LogP contribution in [0.4, 0.5) is 5.69 Å². The van der Waals surface area contributed by atoms with E-state index in [-0.39, 0.29) is 5.57 Å². The van der Waals surface area contributed by atoms with Crippen molar-refractivity contribution in [2.75, 3.05) is 12.4 Å². The lowest BCUT2D eigenvalue weighted by Crippen LogP contribution is -2.14. The highest BCUT2D eigenvalue weighted by Crippen LogP contribution is 2.33. The molecule has 0 fully saturated rings. The molecule has 1 amide bonds. The number of carbonyl (C=O) groups excluding carboxylic acids is 1. The molecular formula is C28H19N3O3. The molecule has 0 aliphatic heterocycles. The molecule has 6 heteroatoms. The molecule has 0 atom stereocenters. The van der Waals surface area contributed by atoms with E-state index < -0.39 is 5.91 Å². The number of anilines is 1. The first-order valence-electron chi connectivity index (χ1n) is 10.6. The molecule has 164 valence electrons. The smallest absolute Gasteiger partial charge is 0.266 e. The molecule has 0 radical (unpaired) electrons. The highest BCUT2D eigenvalue weighted by atomic mass is 16.5. The molecule has 0 aliphatic rings. The van der Waals surface area contributed by atoms with Crippen LogP contribution in [0, 0.1) is 11.3 Å². The number of hydrogen-bond acceptors (Lipinski definition) is 5. The second-order valence-corrected chi connectivity index (χ2v) is 7.60. The van der Waals surface area contributed by atoms with Gasteiger partial charge in [0.15, 0.2) is 5.58 Å². The molecule has 0 unspecified atom stereocenters. The first-order valence-corrected chi connectivity index (χ1v) is 10.6. The SMILES string of the molecule is COc1ccc(C=C(C#N)C(=O)Nc2ccccc2-c2nc3c(ccc4ccccc43)o2)cc1. The van der Waals surface area contributed by atoms with Gasteiger partial charge in [0.2, 0.25) is 5.89 Å². The number of carbonyl (C=O) groups is 1. The standard InChI is InChI=1S/C28H19N3O3/c1-33-21-13-10-18(11-14-21)16-20(17-29)27(32)30-24-9-5-4-8-23(24)28-31-26-22-7-3-2-6-19(22)12-15-25(26)34-28/h2-16H,1H3,(H,30,32). The van der Waals surface area contributed by atoms with Gasteiger partial charge in [0.05, 0.1) is 18.4 Å². The molecular weight excluding hydrogens is 426 g/mol. The number of benzene rings is 4. The maximum Gasteiger partial charge on any atom is 0.266 e. The van der Waals surface area contributed by atoms with Gasteiger partial charge in [0, 0.05) is 5.39 Å². The van der Waals surface area contributed by atoms with E-state index in [0.29, 0.717) is 34.0 Å². The predicted octanol–water partition coefficient (Wildman–Crippen LogP) is 6.20. The van der Waals surface area contributed by atoms with Crippen molar-refractivity contribution in [2.45, 2.75) is 0 Å². The summed E-state index contributed by atoms with van der Waals surface area (Å²) in [6.07, 6.45) is 1.53. The zero-order valence-corrected chi connectivity index (χ0v) is 18.3. The Morgan fingerprint density at radius 3 is 2.56 bits per heavy atom. The van der Waals surface area contributed by atoms with E-state index in [9.17, 15) is 10.1 Å². The number of rotatable bonds is 5. The third kappa shape index (κ3) is 3.98. The van der Waals surface area contributed by atoms with Crippen molar-refractivity contribution in [3.8, 4) is 23.3 Å². The minimum atomic E-state index is -0.521. The van der Waals surface area contributed by atoms with Gasteiger partial charge < -0.3 is 14.5 Å². The van der Waals surface area contributed by atoms with Gasteiger partial charge in [-0.05, 0) is 47.4 Å². The van der Waals surface area contributed by atoms with Gasteiger partial charge >= 0.3 is 0 Å². The lowest BCUT2D eigenvalue weighted by Gasteiger charge is -2.08. The summed E-state index contributed by atoms with van der Waals surface area (Å²) in [6.45, 7) is 0. The second kappa shape index (κ2) is 8.93. The summed E-state index contributed by atoms with van der Waals surface area (Å²) in [5, 5.41) is 14.5. The van der Waals surface area contributed by atoms with Crippen LogP contribution in [0.1, 0.15) is 5.56 Å². The largest absolute Gasteiger partial charge is 0.497 e. The van der Waals surface area contributed by atoms with Gasteiger partial charge in [-0.1, -0.05) is 54.6 Å². The molecule has 1 aromatic heterocycles. The van der Waals surface area contributed by atoms with Crippen LogP contribution in [0.3, 0.4) is 0 Å². The highest BCUT2D eigenvalue weighted by Gasteiger charge is 2.17. The monoisotopic (exact) mass is 445 g/mol. The van der Waals surface area contributed by atoms with Crippen molar-refractivity contribution < 1.29 is 13.9 Å². The molecule has 0 aliphatic carbocycles. The second-order valence-electron chi connectivity index (χ2n) is 7.60. The Kier molecular flexibility index (Phi) is 5.51. The zero-order valence-electron chi connectivity index (χ0n) is 18.3. The van der Waals surface area contributed by atoms with Crippen LogP contribution in [0.25, 0.3) is 39.4 Å². The van der Waals surface area contributed by atoms with Gasteiger partial charge in [-0.3, -0.25) is 4.79 Å². The van der Waals surface area contributed by atoms with Crippen molar-refractivity contribution in [2.24, 2.45) is 0 Å². The highest BCUT2D eigenvalue weighted by molar-refractivity contribution is 6.11. The Bertz CT molecular complexity index is 1590. The molecule has 0 saturated heterocycles. The molecule has 1 heterocycles. The molecule has 6 nitrogen and oxygen atoms in total. The van der Waals surface area contributed by atoms with Gasteiger partial charge in [-0.15, -0.1) is 0 Å². The van der Waals surface area contributed by atoms with Crippen LogP contribution in [0.2, 0.25) is 0 Å². The van der Waals surface area contributed by atoms with Gasteiger partial charge in [-0.25, -0.2) is 4.98 Å². The number of ether oxygens (including phenoxy) is 1. The minimum Gasteiger partial charge on any atom is -0.497 e. The number of nitrogens with zero attached hydrogens (tertiary/aromatic N) is 2. The minimum absolute atomic E-state index is 0.0245. The molecule has 0 saturated carbocycles. The number of fused-ring (bicyclic) bond motifs is 3. The van der Waals surface area contributed by atoms with E-state index in [1.165, 1.54) is 6.08 Å². The fraction of sp³-hybridized carbons (Fsp3) is 0.0357. The average molecular weight is 445 g/mol. The number of amides is 1. The van der Waals surface area contributed by atoms with Crippen LogP contribution in [0.15, 0.2) is 94.9 Å². The summed E-state index contributed by atoms with van der Waals surface area (Å²) in [7, 11) is 1.58. The fourth-order valence-corrected chi connectivity index (χ4v) is 3.76. The number of oxazole rings is 1. The van der Waals surface area contributed by atoms with E-state index in [0.717, 1.165) is 16.3 Å². The first kappa shape index (κ1) is 21.0. The molecule has 5 aromatic rings. The summed E-state index contributed by atoms with van der Waals surface area (Å²) in [4.78, 5) is 17.6. The van der Waals surface area contributed by atoms with Crippen molar-refractivity contribution in [3.05, 3.63) is 96.1 Å². The van der Waals surface area contributed by atoms with E-state index in [1.54, 1.807) is 43.5 Å². The first-order chi connectivity index (χ1) is 16.7. The Morgan fingerprint density at radius 1 is 1.00 bits per heavy atom. The Morgan fingerprint density at radius 2 is 1.76 bits per heavy atom. The topological polar surface area (TPSA) is 88.1 Å². The van der Waals surface area contributed by atoms with E-state index in [4.69, 9.17) is 14.1 Å². The van der Waals surface area contributed by atoms with Crippen molar-refractivity contribution in [1.82, 2.24) is 4.98 Å². The van der Waals surface area contributed by atoms with E-state index >= 15 is 0 Å². The summed E-state index contributed by atoms with van der Waals surface area (Å²) < 4.78 is 11.2. The number of hydrogen-bond donors (Lipinski definition) is 1. The molecule has 0 bridgehead atoms. The van der Waals surface area contributed by atoms with E-state index in [2.05, 4.69) is 5.32 Å². The van der Waals surface area contributed by atoms with Crippen molar-refractivity contribution in [3.63, 3.8) is 0 Å². The Hall–Kier alpha value is -4.89. The number of aromatic nitrogens is 1. The van der Waals surface area contributed by atoms with Crippen molar-refractivity contribution in [1.29, 1.82) is 5.26 Å². The number of para-hydroxylation sites is 1. The maximum absolute atomic E-state index is 12.9. The summed E-state index contributed by atoms with van der Waals surface area (Å²) in [5.74, 6) is 0.562. The third-order valence-electron chi connectivity index (χ3n) is 5.48. The zero-order chi connectivity index (χ0) is 23.5. The predicted molar refractivity (Wildman–Crippen MR) is 132 cm³/mol. The molecule has 34 heavy (non-hydrogen) atoms. The average Bonchev–Trinajstić information content (AvgIpc) is 3.32. The third-order valence-corrected chi connectivity index (χ3v) is 5.48. The molecule has 1 N–H and O–H groups in total. The summed E-state index contributed by atoms with van der Waals surface area (Å²) >= 11 is 0. The maximum atomic E-state index is 12.9. The lowest BCUT2D eigenvalue weighted by atomic mass is 10.1. The number of nitriles is 1. The Labute approximate surface area is 195 Å². The quantitative estimate of drug-likeness (QED) is 0.257. The van der Waals surface area contributed by atoms with Gasteiger partial charge in [-0.2, -0.15) is 5.26 Å². The summed E-state index contributed by atoms with van der Waals surface area (Å²) in [5.41, 5.74) is 3.23. The van der Waals surface area contributed by atoms with Crippen LogP contribution < -0.4 is 10.1 Å². The molecule has 4 aromatic carbocycles. The summed E-state index contributed by atoms with van der Waals surface area (Å²) in [6, 6.07) is 28.1. The normalized spacial score (nSPS) is 11.4. The van der Waals surface area contributed by atoms with Crippen LogP contribution in [0.5, 0.6) is 5.75 Å². The van der Waals surface area contributed by atoms with Crippen LogP contribution in [-0.2, 0) is 4.79 Å². The van der Waals surface area contributed by atoms with Gasteiger partial charge in [0.1, 0.15) is 22.9 Å². The lowest BCUT2D eigenvalue weighted by molar-refractivity contribution is -0.112. The number of nitrogens with one attached hydrogen (secondary N) is 1. The van der Waals surface area contributed by atoms with Crippen molar-refractivity contribution >= 4 is 39.5 Å². The number of methoxy groups -OCH3 is 1. The fourth-order valence-electron chi connectivity index (χ4n) is 3.76. The Balaban J connectivity index is 1.48. The van der Waals surface area contributed by atoms with Crippen LogP contribution in [-0.4, -0.2) is 18.0 Å². The molecule has 5 rings (SSSR count). The molecule has 0 spiro atoms. The van der Waals surface area contributed by atoms with Crippen LogP contribution >= 0.6 is 0 Å². The van der Waals surface area contributed by atoms with Gasteiger partial charge in [0.25, 0.3) is 5.91 Å².